The first kappa shape index (κ1) is 28.0. The van der Waals surface area contributed by atoms with Gasteiger partial charge in [-0.15, -0.1) is 0 Å². The lowest BCUT2D eigenvalue weighted by Crippen LogP contribution is -2.30. The summed E-state index contributed by atoms with van der Waals surface area (Å²) in [4.78, 5) is 0. The SMILES string of the molecule is CCc1ccc(COc2cccc(-c3cccc(OCc4ccc(CNC5CCCCC5)cc4)c3C)c2C)cc1. The molecule has 3 nitrogen and oxygen atoms in total. The third-order valence-corrected chi connectivity index (χ3v) is 8.30. The summed E-state index contributed by atoms with van der Waals surface area (Å²) in [6, 6.07) is 30.8. The fourth-order valence-electron chi connectivity index (χ4n) is 5.64. The summed E-state index contributed by atoms with van der Waals surface area (Å²) in [7, 11) is 0. The lowest BCUT2D eigenvalue weighted by atomic mass is 9.95. The van der Waals surface area contributed by atoms with Gasteiger partial charge < -0.3 is 14.8 Å². The smallest absolute Gasteiger partial charge is 0.123 e. The highest BCUT2D eigenvalue weighted by molar-refractivity contribution is 5.74. The fourth-order valence-corrected chi connectivity index (χ4v) is 5.64. The predicted octanol–water partition coefficient (Wildman–Crippen LogP) is 9.11. The molecule has 1 saturated carbocycles. The molecule has 40 heavy (non-hydrogen) atoms. The highest BCUT2D eigenvalue weighted by Crippen LogP contribution is 2.36. The maximum Gasteiger partial charge on any atom is 0.123 e. The van der Waals surface area contributed by atoms with Crippen LogP contribution in [0.5, 0.6) is 11.5 Å². The Morgan fingerprint density at radius 1 is 0.600 bits per heavy atom. The van der Waals surface area contributed by atoms with Crippen molar-refractivity contribution in [1.82, 2.24) is 5.32 Å². The Labute approximate surface area is 240 Å². The van der Waals surface area contributed by atoms with Gasteiger partial charge in [0.05, 0.1) is 0 Å². The molecule has 4 aromatic rings. The summed E-state index contributed by atoms with van der Waals surface area (Å²) < 4.78 is 12.6. The average molecular weight is 534 g/mol. The van der Waals surface area contributed by atoms with Crippen molar-refractivity contribution < 1.29 is 9.47 Å². The first-order valence-corrected chi connectivity index (χ1v) is 14.9. The van der Waals surface area contributed by atoms with Gasteiger partial charge in [-0.1, -0.05) is 99.0 Å². The van der Waals surface area contributed by atoms with Gasteiger partial charge in [0.25, 0.3) is 0 Å². The summed E-state index contributed by atoms with van der Waals surface area (Å²) in [6.45, 7) is 8.53. The minimum atomic E-state index is 0.555. The highest BCUT2D eigenvalue weighted by Gasteiger charge is 2.14. The maximum atomic E-state index is 6.33. The van der Waals surface area contributed by atoms with Gasteiger partial charge in [-0.05, 0) is 89.8 Å². The number of hydrogen-bond acceptors (Lipinski definition) is 3. The fraction of sp³-hybridized carbons (Fsp3) is 0.351. The number of hydrogen-bond donors (Lipinski definition) is 1. The molecule has 1 N–H and O–H groups in total. The van der Waals surface area contributed by atoms with Crippen LogP contribution in [0.25, 0.3) is 11.1 Å². The van der Waals surface area contributed by atoms with E-state index in [2.05, 4.69) is 111 Å². The minimum Gasteiger partial charge on any atom is -0.489 e. The molecule has 0 amide bonds. The van der Waals surface area contributed by atoms with E-state index in [1.54, 1.807) is 0 Å². The van der Waals surface area contributed by atoms with Crippen molar-refractivity contribution in [2.75, 3.05) is 0 Å². The highest BCUT2D eigenvalue weighted by atomic mass is 16.5. The molecule has 0 bridgehead atoms. The molecule has 0 heterocycles. The molecule has 1 fully saturated rings. The van der Waals surface area contributed by atoms with Gasteiger partial charge in [-0.25, -0.2) is 0 Å². The minimum absolute atomic E-state index is 0.555. The van der Waals surface area contributed by atoms with E-state index < -0.39 is 0 Å². The van der Waals surface area contributed by atoms with E-state index in [1.165, 1.54) is 65.5 Å². The normalized spacial score (nSPS) is 13.8. The van der Waals surface area contributed by atoms with Crippen LogP contribution in [0.15, 0.2) is 84.9 Å². The summed E-state index contributed by atoms with van der Waals surface area (Å²) in [5, 5.41) is 3.73. The Hall–Kier alpha value is -3.56. The Kier molecular flexibility index (Phi) is 9.57. The third-order valence-electron chi connectivity index (χ3n) is 8.30. The molecule has 0 spiro atoms. The third kappa shape index (κ3) is 7.14. The van der Waals surface area contributed by atoms with Crippen LogP contribution in [0.2, 0.25) is 0 Å². The van der Waals surface area contributed by atoms with Crippen LogP contribution in [-0.4, -0.2) is 6.04 Å². The van der Waals surface area contributed by atoms with Crippen LogP contribution < -0.4 is 14.8 Å². The van der Waals surface area contributed by atoms with Gasteiger partial charge in [0.1, 0.15) is 24.7 Å². The largest absolute Gasteiger partial charge is 0.489 e. The monoisotopic (exact) mass is 533 g/mol. The molecule has 208 valence electrons. The van der Waals surface area contributed by atoms with Crippen LogP contribution in [0.1, 0.15) is 72.4 Å². The zero-order chi connectivity index (χ0) is 27.7. The lowest BCUT2D eigenvalue weighted by molar-refractivity contribution is 0.303. The molecule has 0 unspecified atom stereocenters. The molecule has 1 aliphatic carbocycles. The Bertz CT molecular complexity index is 1370. The summed E-state index contributed by atoms with van der Waals surface area (Å²) in [5.74, 6) is 1.84. The van der Waals surface area contributed by atoms with Crippen LogP contribution >= 0.6 is 0 Å². The molecule has 0 saturated heterocycles. The maximum absolute atomic E-state index is 6.33. The molecule has 1 aliphatic rings. The van der Waals surface area contributed by atoms with E-state index in [0.29, 0.717) is 19.3 Å². The van der Waals surface area contributed by atoms with Crippen LogP contribution in [0.4, 0.5) is 0 Å². The molecule has 0 radical (unpaired) electrons. The molecular formula is C37H43NO2. The van der Waals surface area contributed by atoms with Crippen molar-refractivity contribution in [2.24, 2.45) is 0 Å². The van der Waals surface area contributed by atoms with E-state index in [1.807, 2.05) is 0 Å². The van der Waals surface area contributed by atoms with E-state index in [9.17, 15) is 0 Å². The van der Waals surface area contributed by atoms with Crippen LogP contribution in [0.3, 0.4) is 0 Å². The zero-order valence-corrected chi connectivity index (χ0v) is 24.3. The number of ether oxygens (including phenoxy) is 2. The zero-order valence-electron chi connectivity index (χ0n) is 24.3. The van der Waals surface area contributed by atoms with Crippen molar-refractivity contribution in [3.8, 4) is 22.6 Å². The van der Waals surface area contributed by atoms with Crippen molar-refractivity contribution in [2.45, 2.75) is 85.1 Å². The van der Waals surface area contributed by atoms with Gasteiger partial charge in [0.2, 0.25) is 0 Å². The van der Waals surface area contributed by atoms with Crippen LogP contribution in [0, 0.1) is 13.8 Å². The Morgan fingerprint density at radius 2 is 1.07 bits per heavy atom. The second kappa shape index (κ2) is 13.7. The standard InChI is InChI=1S/C37H43NO2/c1-4-29-16-20-31(21-17-29)25-39-36-14-8-12-34(27(36)2)35-13-9-15-37(28(35)3)40-26-32-22-18-30(19-23-32)24-38-33-10-6-5-7-11-33/h8-9,12-23,33,38H,4-7,10-11,24-26H2,1-3H3. The van der Waals surface area contributed by atoms with Crippen LogP contribution in [-0.2, 0) is 26.2 Å². The first-order valence-electron chi connectivity index (χ1n) is 14.9. The molecule has 4 aromatic carbocycles. The second-order valence-corrected chi connectivity index (χ2v) is 11.1. The number of aryl methyl sites for hydroxylation is 1. The summed E-state index contributed by atoms with van der Waals surface area (Å²) in [6.07, 6.45) is 7.80. The first-order chi connectivity index (χ1) is 19.6. The molecule has 3 heteroatoms. The lowest BCUT2D eigenvalue weighted by Gasteiger charge is -2.22. The van der Waals surface area contributed by atoms with Gasteiger partial charge >= 0.3 is 0 Å². The Morgan fingerprint density at radius 3 is 1.57 bits per heavy atom. The molecule has 0 aromatic heterocycles. The van der Waals surface area contributed by atoms with Gasteiger partial charge in [0.15, 0.2) is 0 Å². The Balaban J connectivity index is 1.21. The number of rotatable bonds is 11. The van der Waals surface area contributed by atoms with Crippen molar-refractivity contribution in [3.63, 3.8) is 0 Å². The topological polar surface area (TPSA) is 30.5 Å². The molecule has 0 aliphatic heterocycles. The van der Waals surface area contributed by atoms with Gasteiger partial charge in [0, 0.05) is 12.6 Å². The van der Waals surface area contributed by atoms with E-state index >= 15 is 0 Å². The second-order valence-electron chi connectivity index (χ2n) is 11.1. The summed E-state index contributed by atoms with van der Waals surface area (Å²) >= 11 is 0. The van der Waals surface area contributed by atoms with Gasteiger partial charge in [-0.2, -0.15) is 0 Å². The average Bonchev–Trinajstić information content (AvgIpc) is 3.00. The predicted molar refractivity (Wildman–Crippen MR) is 166 cm³/mol. The summed E-state index contributed by atoms with van der Waals surface area (Å²) in [5.41, 5.74) is 9.69. The van der Waals surface area contributed by atoms with Crippen molar-refractivity contribution in [1.29, 1.82) is 0 Å². The molecule has 5 rings (SSSR count). The molecule has 0 atom stereocenters. The number of benzene rings is 4. The van der Waals surface area contributed by atoms with E-state index in [4.69, 9.17) is 9.47 Å². The van der Waals surface area contributed by atoms with E-state index in [0.717, 1.165) is 35.6 Å². The van der Waals surface area contributed by atoms with Crippen molar-refractivity contribution >= 4 is 0 Å². The quantitative estimate of drug-likeness (QED) is 0.208. The number of nitrogens with one attached hydrogen (secondary N) is 1. The van der Waals surface area contributed by atoms with E-state index in [-0.39, 0.29) is 0 Å². The van der Waals surface area contributed by atoms with Crippen molar-refractivity contribution in [3.05, 3.63) is 118 Å². The molecular weight excluding hydrogens is 490 g/mol. The van der Waals surface area contributed by atoms with Gasteiger partial charge in [-0.3, -0.25) is 0 Å².